The summed E-state index contributed by atoms with van der Waals surface area (Å²) in [5, 5.41) is 35.6. The maximum Gasteiger partial charge on any atom is 0.234 e. The maximum atomic E-state index is 14.4. The van der Waals surface area contributed by atoms with E-state index in [1.807, 2.05) is 109 Å². The summed E-state index contributed by atoms with van der Waals surface area (Å²) >= 11 is 0. The van der Waals surface area contributed by atoms with Crippen molar-refractivity contribution in [2.75, 3.05) is 26.3 Å². The summed E-state index contributed by atoms with van der Waals surface area (Å²) in [7, 11) is 0. The number of carbonyl (C=O) groups is 2. The summed E-state index contributed by atoms with van der Waals surface area (Å²) in [5.41, 5.74) is 5.57. The van der Waals surface area contributed by atoms with E-state index < -0.39 is 23.9 Å². The molecular formula is C49H50N2O6. The van der Waals surface area contributed by atoms with Crippen molar-refractivity contribution in [1.82, 2.24) is 9.80 Å². The lowest BCUT2D eigenvalue weighted by molar-refractivity contribution is -0.144. The molecule has 5 aromatic rings. The Morgan fingerprint density at radius 1 is 0.789 bits per heavy atom. The number of benzene rings is 5. The fourth-order valence-electron chi connectivity index (χ4n) is 9.36. The van der Waals surface area contributed by atoms with Gasteiger partial charge < -0.3 is 20.1 Å². The zero-order valence-corrected chi connectivity index (χ0v) is 32.1. The summed E-state index contributed by atoms with van der Waals surface area (Å²) in [4.78, 5) is 32.6. The summed E-state index contributed by atoms with van der Waals surface area (Å²) in [6.07, 6.45) is 3.61. The van der Waals surface area contributed by atoms with E-state index in [1.54, 1.807) is 6.07 Å². The number of hydrogen-bond acceptors (Lipinski definition) is 7. The van der Waals surface area contributed by atoms with Gasteiger partial charge in [0.15, 0.2) is 0 Å². The molecule has 8 heteroatoms. The number of phenols is 1. The molecule has 2 fully saturated rings. The van der Waals surface area contributed by atoms with Crippen molar-refractivity contribution < 1.29 is 29.6 Å². The number of carbonyl (C=O) groups excluding carboxylic acids is 2. The topological polar surface area (TPSA) is 111 Å². The van der Waals surface area contributed by atoms with Crippen LogP contribution in [0.25, 0.3) is 22.4 Å². The van der Waals surface area contributed by atoms with Crippen LogP contribution in [0, 0.1) is 17.8 Å². The molecule has 2 heterocycles. The molecule has 8 rings (SSSR count). The van der Waals surface area contributed by atoms with Crippen molar-refractivity contribution >= 4 is 34.2 Å². The predicted octanol–water partition coefficient (Wildman–Crippen LogP) is 7.88. The summed E-state index contributed by atoms with van der Waals surface area (Å²) in [6, 6.07) is 41.0. The predicted molar refractivity (Wildman–Crippen MR) is 223 cm³/mol. The fraction of sp³-hybridized carbons (Fsp3) is 0.306. The van der Waals surface area contributed by atoms with Crippen LogP contribution in [0.2, 0.25) is 0 Å². The van der Waals surface area contributed by atoms with E-state index in [4.69, 9.17) is 4.74 Å². The van der Waals surface area contributed by atoms with Gasteiger partial charge in [-0.1, -0.05) is 115 Å². The maximum absolute atomic E-state index is 14.4. The number of fused-ring (bicyclic) bond motifs is 2. The van der Waals surface area contributed by atoms with Gasteiger partial charge in [-0.05, 0) is 89.1 Å². The van der Waals surface area contributed by atoms with Gasteiger partial charge in [-0.3, -0.25) is 19.4 Å². The number of amides is 2. The van der Waals surface area contributed by atoms with E-state index in [0.717, 1.165) is 52.7 Å². The van der Waals surface area contributed by atoms with Crippen LogP contribution in [0.4, 0.5) is 0 Å². The van der Waals surface area contributed by atoms with E-state index in [2.05, 4.69) is 23.1 Å². The largest absolute Gasteiger partial charge is 0.507 e. The Kier molecular flexibility index (Phi) is 11.6. The number of ether oxygens (including phenoxy) is 1. The van der Waals surface area contributed by atoms with Gasteiger partial charge >= 0.3 is 0 Å². The smallest absolute Gasteiger partial charge is 0.234 e. The van der Waals surface area contributed by atoms with Crippen molar-refractivity contribution in [3.05, 3.63) is 155 Å². The first-order valence-corrected chi connectivity index (χ1v) is 20.2. The Hall–Kier alpha value is -5.54. The zero-order chi connectivity index (χ0) is 39.3. The third kappa shape index (κ3) is 8.17. The van der Waals surface area contributed by atoms with Crippen LogP contribution in [-0.4, -0.2) is 75.4 Å². The zero-order valence-electron chi connectivity index (χ0n) is 32.1. The minimum atomic E-state index is -1.00. The lowest BCUT2D eigenvalue weighted by Crippen LogP contribution is -2.47. The minimum absolute atomic E-state index is 0.135. The van der Waals surface area contributed by atoms with Crippen LogP contribution in [0.5, 0.6) is 11.5 Å². The normalized spacial score (nSPS) is 21.3. The minimum Gasteiger partial charge on any atom is -0.507 e. The molecule has 0 aromatic heterocycles. The van der Waals surface area contributed by atoms with Gasteiger partial charge in [0.05, 0.1) is 24.5 Å². The van der Waals surface area contributed by atoms with Gasteiger partial charge in [-0.15, -0.1) is 0 Å². The number of piperidine rings is 1. The van der Waals surface area contributed by atoms with Gasteiger partial charge in [0.25, 0.3) is 0 Å². The first kappa shape index (κ1) is 38.3. The number of aliphatic hydroxyl groups excluding tert-OH is 2. The first-order chi connectivity index (χ1) is 27.9. The second-order valence-corrected chi connectivity index (χ2v) is 15.6. The van der Waals surface area contributed by atoms with Crippen LogP contribution >= 0.6 is 0 Å². The molecule has 0 saturated carbocycles. The van der Waals surface area contributed by atoms with Gasteiger partial charge in [0.1, 0.15) is 18.1 Å². The number of para-hydroxylation sites is 1. The molecule has 0 unspecified atom stereocenters. The van der Waals surface area contributed by atoms with Gasteiger partial charge in [-0.25, -0.2) is 0 Å². The lowest BCUT2D eigenvalue weighted by Gasteiger charge is -2.37. The molecule has 4 atom stereocenters. The number of rotatable bonds is 13. The number of hydrogen-bond donors (Lipinski definition) is 3. The third-order valence-corrected chi connectivity index (χ3v) is 12.2. The van der Waals surface area contributed by atoms with Crippen molar-refractivity contribution in [2.45, 2.75) is 50.8 Å². The number of aliphatic hydroxyl groups is 2. The number of allylic oxidation sites excluding steroid dienone is 1. The summed E-state index contributed by atoms with van der Waals surface area (Å²) in [5.74, 6) is -1.62. The molecule has 2 aliphatic heterocycles. The molecule has 5 aromatic carbocycles. The number of nitrogens with zero attached hydrogens (tertiary/aromatic N) is 2. The van der Waals surface area contributed by atoms with E-state index in [-0.39, 0.29) is 43.2 Å². The number of imide groups is 1. The molecule has 3 N–H and O–H groups in total. The molecule has 2 amide bonds. The van der Waals surface area contributed by atoms with Crippen LogP contribution in [0.1, 0.15) is 48.8 Å². The highest BCUT2D eigenvalue weighted by atomic mass is 16.5. The lowest BCUT2D eigenvalue weighted by atomic mass is 9.68. The average Bonchev–Trinajstić information content (AvgIpc) is 3.51. The Morgan fingerprint density at radius 3 is 2.14 bits per heavy atom. The van der Waals surface area contributed by atoms with Gasteiger partial charge in [-0.2, -0.15) is 0 Å². The quantitative estimate of drug-likeness (QED) is 0.0636. The molecule has 57 heavy (non-hydrogen) atoms. The molecule has 8 nitrogen and oxygen atoms in total. The van der Waals surface area contributed by atoms with E-state index in [0.29, 0.717) is 37.0 Å². The molecule has 1 aliphatic carbocycles. The molecule has 2 saturated heterocycles. The number of phenolic OH excluding ortho intramolecular Hbond substituents is 1. The Bertz CT molecular complexity index is 2250. The molecule has 3 aliphatic rings. The molecule has 0 spiro atoms. The highest BCUT2D eigenvalue weighted by molar-refractivity contribution is 6.06. The summed E-state index contributed by atoms with van der Waals surface area (Å²) in [6.45, 7) is 2.16. The third-order valence-electron chi connectivity index (χ3n) is 12.2. The standard InChI is InChI=1S/C49H50N2O6/c52-31-43-46(45(54)23-20-35(34-14-6-2-7-15-34)28-36-21-22-44(53)41-19-11-10-18-40(36)41)37(32-57-39-16-8-3-9-17-39)29-42-47(43)49(56)51(48(42)55)38-24-26-50(27-25-38)30-33-12-4-1-5-13-33/h1-19,21-22,28,38,42-43,45,47,52-54H,20,23-27,29-32H2/b35-28-/t42-,43+,45-,47-/m1/s1. The highest BCUT2D eigenvalue weighted by Gasteiger charge is 2.56. The van der Waals surface area contributed by atoms with E-state index >= 15 is 0 Å². The van der Waals surface area contributed by atoms with Gasteiger partial charge in [0, 0.05) is 37.0 Å². The highest BCUT2D eigenvalue weighted by Crippen LogP contribution is 2.48. The van der Waals surface area contributed by atoms with E-state index in [1.165, 1.54) is 10.5 Å². The van der Waals surface area contributed by atoms with Crippen LogP contribution in [-0.2, 0) is 16.1 Å². The van der Waals surface area contributed by atoms with Crippen LogP contribution in [0.15, 0.2) is 139 Å². The van der Waals surface area contributed by atoms with Crippen LogP contribution < -0.4 is 4.74 Å². The first-order valence-electron chi connectivity index (χ1n) is 20.2. The van der Waals surface area contributed by atoms with Crippen LogP contribution in [0.3, 0.4) is 0 Å². The number of aromatic hydroxyl groups is 1. The van der Waals surface area contributed by atoms with Gasteiger partial charge in [0.2, 0.25) is 11.8 Å². The Morgan fingerprint density at radius 2 is 1.44 bits per heavy atom. The molecule has 0 radical (unpaired) electrons. The Labute approximate surface area is 334 Å². The second-order valence-electron chi connectivity index (χ2n) is 15.6. The second kappa shape index (κ2) is 17.3. The van der Waals surface area contributed by atoms with Crippen molar-refractivity contribution in [2.24, 2.45) is 17.8 Å². The molecule has 0 bridgehead atoms. The molecule has 292 valence electrons. The monoisotopic (exact) mass is 762 g/mol. The summed E-state index contributed by atoms with van der Waals surface area (Å²) < 4.78 is 6.26. The van der Waals surface area contributed by atoms with Crippen molar-refractivity contribution in [3.8, 4) is 11.5 Å². The van der Waals surface area contributed by atoms with Crippen molar-refractivity contribution in [1.29, 1.82) is 0 Å². The number of likely N-dealkylation sites (tertiary alicyclic amines) is 2. The molecular weight excluding hydrogens is 713 g/mol. The Balaban J connectivity index is 1.06. The average molecular weight is 763 g/mol. The fourth-order valence-corrected chi connectivity index (χ4v) is 9.36. The SMILES string of the molecule is O=C1[C@@H]2[C@@H](CC(COc3ccccc3)=C([C@H](O)CC/C(=C/c3ccc(O)c4ccccc34)c3ccccc3)[C@@H]2CO)C(=O)N1C1CCN(Cc2ccccc2)CC1. The van der Waals surface area contributed by atoms with Crippen molar-refractivity contribution in [3.63, 3.8) is 0 Å². The van der Waals surface area contributed by atoms with E-state index in [9.17, 15) is 24.9 Å².